The number of hydrogen-bond acceptors (Lipinski definition) is 4. The molecule has 1 aromatic carbocycles. The van der Waals surface area contributed by atoms with Gasteiger partial charge >= 0.3 is 0 Å². The van der Waals surface area contributed by atoms with Gasteiger partial charge in [-0.05, 0) is 26.8 Å². The number of nitro groups is 1. The molecule has 0 unspecified atom stereocenters. The zero-order valence-corrected chi connectivity index (χ0v) is 10.6. The van der Waals surface area contributed by atoms with Gasteiger partial charge in [0, 0.05) is 12.0 Å². The maximum absolute atomic E-state index is 13.5. The van der Waals surface area contributed by atoms with Crippen LogP contribution >= 0.6 is 0 Å². The first-order chi connectivity index (χ1) is 8.20. The molecule has 0 heterocycles. The molecule has 0 atom stereocenters. The van der Waals surface area contributed by atoms with Crippen molar-refractivity contribution in [2.45, 2.75) is 32.8 Å². The molecule has 0 saturated carbocycles. The third-order valence-electron chi connectivity index (χ3n) is 2.42. The SMILES string of the molecule is Cc1cc(OCCC(C)(C)O)c(F)cc1[N+](=O)[O-]. The zero-order chi connectivity index (χ0) is 13.9. The number of hydrogen-bond donors (Lipinski definition) is 1. The van der Waals surface area contributed by atoms with Crippen molar-refractivity contribution in [1.82, 2.24) is 0 Å². The van der Waals surface area contributed by atoms with Gasteiger partial charge in [-0.2, -0.15) is 0 Å². The summed E-state index contributed by atoms with van der Waals surface area (Å²) in [5, 5.41) is 20.1. The maximum atomic E-state index is 13.5. The van der Waals surface area contributed by atoms with Crippen LogP contribution in [0.15, 0.2) is 12.1 Å². The number of benzene rings is 1. The highest BCUT2D eigenvalue weighted by Crippen LogP contribution is 2.27. The second-order valence-corrected chi connectivity index (χ2v) is 4.74. The lowest BCUT2D eigenvalue weighted by molar-refractivity contribution is -0.385. The molecule has 1 aromatic rings. The van der Waals surface area contributed by atoms with Crippen LogP contribution < -0.4 is 4.74 Å². The normalized spacial score (nSPS) is 11.4. The van der Waals surface area contributed by atoms with E-state index in [0.717, 1.165) is 6.07 Å². The van der Waals surface area contributed by atoms with Crippen LogP contribution in [0, 0.1) is 22.9 Å². The van der Waals surface area contributed by atoms with Gasteiger partial charge in [-0.1, -0.05) is 0 Å². The molecular weight excluding hydrogens is 241 g/mol. The van der Waals surface area contributed by atoms with Gasteiger partial charge in [0.25, 0.3) is 5.69 Å². The van der Waals surface area contributed by atoms with E-state index in [-0.39, 0.29) is 18.0 Å². The molecule has 18 heavy (non-hydrogen) atoms. The van der Waals surface area contributed by atoms with E-state index in [4.69, 9.17) is 4.74 Å². The van der Waals surface area contributed by atoms with Crippen molar-refractivity contribution in [1.29, 1.82) is 0 Å². The van der Waals surface area contributed by atoms with Crippen LogP contribution in [0.5, 0.6) is 5.75 Å². The summed E-state index contributed by atoms with van der Waals surface area (Å²) in [5.74, 6) is -0.814. The number of ether oxygens (including phenoxy) is 1. The van der Waals surface area contributed by atoms with Gasteiger partial charge in [0.05, 0.1) is 23.2 Å². The Morgan fingerprint density at radius 2 is 2.11 bits per heavy atom. The predicted octanol–water partition coefficient (Wildman–Crippen LogP) is 2.58. The number of nitro benzene ring substituents is 1. The monoisotopic (exact) mass is 257 g/mol. The molecule has 1 N–H and O–H groups in total. The Kier molecular flexibility index (Phi) is 4.24. The van der Waals surface area contributed by atoms with Crippen LogP contribution in [0.2, 0.25) is 0 Å². The highest BCUT2D eigenvalue weighted by Gasteiger charge is 2.17. The fourth-order valence-corrected chi connectivity index (χ4v) is 1.36. The standard InChI is InChI=1S/C12H16FNO4/c1-8-6-11(18-5-4-12(2,3)15)9(13)7-10(8)14(16)17/h6-7,15H,4-5H2,1-3H3. The average molecular weight is 257 g/mol. The Morgan fingerprint density at radius 3 is 2.61 bits per heavy atom. The van der Waals surface area contributed by atoms with E-state index in [2.05, 4.69) is 0 Å². The predicted molar refractivity (Wildman–Crippen MR) is 64.2 cm³/mol. The van der Waals surface area contributed by atoms with Crippen molar-refractivity contribution in [3.63, 3.8) is 0 Å². The number of nitrogens with zero attached hydrogens (tertiary/aromatic N) is 1. The topological polar surface area (TPSA) is 72.6 Å². The summed E-state index contributed by atoms with van der Waals surface area (Å²) in [4.78, 5) is 9.96. The Labute approximate surface area is 104 Å². The fourth-order valence-electron chi connectivity index (χ4n) is 1.36. The molecular formula is C12H16FNO4. The number of halogens is 1. The third kappa shape index (κ3) is 3.96. The first-order valence-corrected chi connectivity index (χ1v) is 5.50. The smallest absolute Gasteiger partial charge is 0.275 e. The largest absolute Gasteiger partial charge is 0.490 e. The van der Waals surface area contributed by atoms with Gasteiger partial charge in [-0.25, -0.2) is 4.39 Å². The van der Waals surface area contributed by atoms with Crippen LogP contribution in [0.25, 0.3) is 0 Å². The molecule has 0 fully saturated rings. The third-order valence-corrected chi connectivity index (χ3v) is 2.42. The van der Waals surface area contributed by atoms with E-state index < -0.39 is 16.3 Å². The van der Waals surface area contributed by atoms with Crippen LogP contribution in [0.1, 0.15) is 25.8 Å². The molecule has 0 saturated heterocycles. The lowest BCUT2D eigenvalue weighted by Gasteiger charge is -2.17. The Morgan fingerprint density at radius 1 is 1.50 bits per heavy atom. The van der Waals surface area contributed by atoms with Crippen molar-refractivity contribution >= 4 is 5.69 Å². The summed E-state index contributed by atoms with van der Waals surface area (Å²) < 4.78 is 18.7. The van der Waals surface area contributed by atoms with Crippen LogP contribution in [-0.2, 0) is 0 Å². The Balaban J connectivity index is 2.79. The number of aryl methyl sites for hydroxylation is 1. The maximum Gasteiger partial charge on any atom is 0.275 e. The lowest BCUT2D eigenvalue weighted by Crippen LogP contribution is -2.22. The number of aliphatic hydroxyl groups is 1. The summed E-state index contributed by atoms with van der Waals surface area (Å²) >= 11 is 0. The molecule has 0 aliphatic rings. The first kappa shape index (κ1) is 14.4. The molecule has 1 rings (SSSR count). The molecule has 0 bridgehead atoms. The minimum Gasteiger partial charge on any atom is -0.490 e. The van der Waals surface area contributed by atoms with Crippen molar-refractivity contribution in [2.24, 2.45) is 0 Å². The molecule has 0 radical (unpaired) electrons. The van der Waals surface area contributed by atoms with E-state index in [9.17, 15) is 19.6 Å². The Hall–Kier alpha value is -1.69. The van der Waals surface area contributed by atoms with Gasteiger partial charge in [-0.15, -0.1) is 0 Å². The quantitative estimate of drug-likeness (QED) is 0.650. The summed E-state index contributed by atoms with van der Waals surface area (Å²) in [7, 11) is 0. The summed E-state index contributed by atoms with van der Waals surface area (Å²) in [6, 6.07) is 2.13. The first-order valence-electron chi connectivity index (χ1n) is 5.50. The lowest BCUT2D eigenvalue weighted by atomic mass is 10.1. The van der Waals surface area contributed by atoms with Crippen molar-refractivity contribution in [3.05, 3.63) is 33.6 Å². The highest BCUT2D eigenvalue weighted by atomic mass is 19.1. The van der Waals surface area contributed by atoms with Gasteiger partial charge in [0.1, 0.15) is 0 Å². The van der Waals surface area contributed by atoms with Crippen molar-refractivity contribution in [3.8, 4) is 5.75 Å². The van der Waals surface area contributed by atoms with Gasteiger partial charge < -0.3 is 9.84 Å². The van der Waals surface area contributed by atoms with Gasteiger partial charge in [-0.3, -0.25) is 10.1 Å². The minimum atomic E-state index is -0.897. The summed E-state index contributed by atoms with van der Waals surface area (Å²) in [6.45, 7) is 4.89. The molecule has 0 aromatic heterocycles. The van der Waals surface area contributed by atoms with Crippen LogP contribution in [0.3, 0.4) is 0 Å². The second kappa shape index (κ2) is 5.30. The zero-order valence-electron chi connectivity index (χ0n) is 10.6. The highest BCUT2D eigenvalue weighted by molar-refractivity contribution is 5.45. The van der Waals surface area contributed by atoms with E-state index in [1.165, 1.54) is 13.0 Å². The van der Waals surface area contributed by atoms with Gasteiger partial charge in [0.15, 0.2) is 11.6 Å². The molecule has 0 aliphatic heterocycles. The molecule has 0 amide bonds. The van der Waals surface area contributed by atoms with Crippen molar-refractivity contribution < 1.29 is 19.2 Å². The molecule has 0 spiro atoms. The second-order valence-electron chi connectivity index (χ2n) is 4.74. The summed E-state index contributed by atoms with van der Waals surface area (Å²) in [6.07, 6.45) is 0.336. The molecule has 100 valence electrons. The van der Waals surface area contributed by atoms with Crippen molar-refractivity contribution in [2.75, 3.05) is 6.61 Å². The molecule has 6 heteroatoms. The molecule has 5 nitrogen and oxygen atoms in total. The van der Waals surface area contributed by atoms with E-state index in [0.29, 0.717) is 12.0 Å². The number of rotatable bonds is 5. The molecule has 0 aliphatic carbocycles. The van der Waals surface area contributed by atoms with Gasteiger partial charge in [0.2, 0.25) is 0 Å². The fraction of sp³-hybridized carbons (Fsp3) is 0.500. The minimum absolute atomic E-state index is 0.0395. The van der Waals surface area contributed by atoms with E-state index in [1.54, 1.807) is 13.8 Å². The van der Waals surface area contributed by atoms with E-state index in [1.807, 2.05) is 0 Å². The van der Waals surface area contributed by atoms with E-state index >= 15 is 0 Å². The van der Waals surface area contributed by atoms with Crippen LogP contribution in [0.4, 0.5) is 10.1 Å². The summed E-state index contributed by atoms with van der Waals surface area (Å²) in [5.41, 5.74) is -0.839. The van der Waals surface area contributed by atoms with Crippen LogP contribution in [-0.4, -0.2) is 22.2 Å². The average Bonchev–Trinajstić information content (AvgIpc) is 2.20. The Bertz CT molecular complexity index is 454.